The summed E-state index contributed by atoms with van der Waals surface area (Å²) in [4.78, 5) is 9.54. The first-order valence-corrected chi connectivity index (χ1v) is 2.73. The number of rotatable bonds is 2. The van der Waals surface area contributed by atoms with E-state index < -0.39 is 17.5 Å². The van der Waals surface area contributed by atoms with E-state index in [2.05, 4.69) is 5.32 Å². The summed E-state index contributed by atoms with van der Waals surface area (Å²) < 4.78 is 16.7. The maximum absolute atomic E-state index is 9.54. The Balaban J connectivity index is 0. The van der Waals surface area contributed by atoms with Crippen molar-refractivity contribution in [1.82, 2.24) is 5.32 Å². The van der Waals surface area contributed by atoms with Gasteiger partial charge in [-0.05, 0) is 7.05 Å². The van der Waals surface area contributed by atoms with Crippen molar-refractivity contribution in [2.24, 2.45) is 0 Å². The normalized spacial score (nSPS) is 7.22. The maximum atomic E-state index is 9.54. The summed E-state index contributed by atoms with van der Waals surface area (Å²) in [5.41, 5.74) is 0. The summed E-state index contributed by atoms with van der Waals surface area (Å²) in [6.07, 6.45) is 0. The third-order valence-electron chi connectivity index (χ3n) is 0.328. The lowest BCUT2D eigenvalue weighted by atomic mass is 10.7. The molecule has 0 aromatic heterocycles. The van der Waals surface area contributed by atoms with Gasteiger partial charge in [-0.3, -0.25) is 4.79 Å². The summed E-state index contributed by atoms with van der Waals surface area (Å²) in [5, 5.41) is 10.3. The van der Waals surface area contributed by atoms with Crippen LogP contribution in [0.3, 0.4) is 0 Å². The summed E-state index contributed by atoms with van der Waals surface area (Å²) in [5.74, 6) is -0.822. The van der Waals surface area contributed by atoms with Gasteiger partial charge in [-0.15, -0.1) is 0 Å². The quantitative estimate of drug-likeness (QED) is 0.385. The van der Waals surface area contributed by atoms with Gasteiger partial charge in [0.05, 0.1) is 6.54 Å². The highest BCUT2D eigenvalue weighted by Gasteiger charge is 1.86. The topological polar surface area (TPSA) is 83.5 Å². The predicted octanol–water partition coefficient (Wildman–Crippen LogP) is -1.22. The highest BCUT2D eigenvalue weighted by Crippen LogP contribution is 1.50. The van der Waals surface area contributed by atoms with Gasteiger partial charge in [-0.25, -0.2) is 0 Å². The lowest BCUT2D eigenvalue weighted by Gasteiger charge is -1.84. The average Bonchev–Trinajstić information content (AvgIpc) is 1.67. The third kappa shape index (κ3) is 37.7. The van der Waals surface area contributed by atoms with Crippen LogP contribution in [-0.2, 0) is 24.8 Å². The molecular formula is C3H8NO4S-. The molecule has 0 heterocycles. The molecule has 0 unspecified atom stereocenters. The van der Waals surface area contributed by atoms with E-state index in [9.17, 15) is 4.79 Å². The number of hydrogen-bond donors (Lipinski definition) is 2. The number of carboxylic acids is 1. The molecule has 0 aliphatic rings. The minimum Gasteiger partial charge on any atom is -0.480 e. The van der Waals surface area contributed by atoms with Gasteiger partial charge < -0.3 is 18.8 Å². The predicted molar refractivity (Wildman–Crippen MR) is 31.7 cm³/mol. The minimum absolute atomic E-state index is 0.0417. The van der Waals surface area contributed by atoms with Gasteiger partial charge in [0.1, 0.15) is 0 Å². The molecule has 0 amide bonds. The van der Waals surface area contributed by atoms with Crippen molar-refractivity contribution in [3.05, 3.63) is 0 Å². The van der Waals surface area contributed by atoms with E-state index in [-0.39, 0.29) is 6.54 Å². The fourth-order valence-electron chi connectivity index (χ4n) is 0.151. The number of nitrogens with one attached hydrogen (secondary N) is 1. The molecule has 6 heteroatoms. The van der Waals surface area contributed by atoms with Gasteiger partial charge in [0.15, 0.2) is 0 Å². The van der Waals surface area contributed by atoms with Gasteiger partial charge >= 0.3 is 5.97 Å². The highest BCUT2D eigenvalue weighted by atomic mass is 32.1. The largest absolute Gasteiger partial charge is 0.480 e. The first-order chi connectivity index (χ1) is 4.18. The van der Waals surface area contributed by atoms with Crippen LogP contribution in [0, 0.1) is 0 Å². The van der Waals surface area contributed by atoms with Gasteiger partial charge in [-0.1, -0.05) is 11.6 Å². The molecule has 0 bridgehead atoms. The average molecular weight is 154 g/mol. The van der Waals surface area contributed by atoms with E-state index in [0.717, 1.165) is 0 Å². The number of carboxylic acid groups (broad SMARTS) is 1. The summed E-state index contributed by atoms with van der Waals surface area (Å²) in [6, 6.07) is 0. The fourth-order valence-corrected chi connectivity index (χ4v) is 0.151. The van der Waals surface area contributed by atoms with E-state index in [1.54, 1.807) is 7.05 Å². The molecule has 5 nitrogen and oxygen atoms in total. The molecule has 0 radical (unpaired) electrons. The Labute approximate surface area is 55.7 Å². The first-order valence-electron chi connectivity index (χ1n) is 2.00. The van der Waals surface area contributed by atoms with Crippen LogP contribution >= 0.6 is 0 Å². The van der Waals surface area contributed by atoms with Crippen molar-refractivity contribution >= 4 is 17.5 Å². The number of thiol groups is 1. The molecule has 56 valence electrons. The Hall–Kier alpha value is -0.620. The summed E-state index contributed by atoms with van der Waals surface area (Å²) in [6.45, 7) is 0.0417. The number of likely N-dealkylation sites (N-methyl/N-ethyl adjacent to an activating group) is 1. The van der Waals surface area contributed by atoms with Gasteiger partial charge in [-0.2, -0.15) is 0 Å². The number of carbonyl (C=O) groups is 1. The maximum Gasteiger partial charge on any atom is 0.317 e. The Morgan fingerprint density at radius 2 is 2.00 bits per heavy atom. The van der Waals surface area contributed by atoms with Crippen molar-refractivity contribution in [3.8, 4) is 0 Å². The standard InChI is InChI=1S/C3H7NO2.HO2S/c1-4-2-3(5)6;1-3-2/h4H,2H2,1H3,(H,5,6);3H/q;-1. The second kappa shape index (κ2) is 10.4. The Kier molecular flexibility index (Phi) is 12.9. The molecule has 0 saturated heterocycles. The van der Waals surface area contributed by atoms with Gasteiger partial charge in [0.2, 0.25) is 0 Å². The van der Waals surface area contributed by atoms with Gasteiger partial charge in [0, 0.05) is 0 Å². The number of hydrogen-bond acceptors (Lipinski definition) is 5. The molecule has 0 rings (SSSR count). The zero-order chi connectivity index (χ0) is 7.70. The summed E-state index contributed by atoms with van der Waals surface area (Å²) in [7, 11) is 1.59. The monoisotopic (exact) mass is 154 g/mol. The summed E-state index contributed by atoms with van der Waals surface area (Å²) >= 11 is -1.08. The molecule has 0 aromatic rings. The van der Waals surface area contributed by atoms with Crippen LogP contribution in [0.15, 0.2) is 0 Å². The molecule has 0 fully saturated rings. The van der Waals surface area contributed by atoms with Crippen LogP contribution in [0.25, 0.3) is 0 Å². The second-order valence-corrected chi connectivity index (χ2v) is 1.15. The van der Waals surface area contributed by atoms with Crippen LogP contribution < -0.4 is 5.32 Å². The molecule has 0 saturated carbocycles. The number of aliphatic carboxylic acids is 1. The van der Waals surface area contributed by atoms with Crippen LogP contribution in [-0.4, -0.2) is 24.7 Å². The van der Waals surface area contributed by atoms with Gasteiger partial charge in [0.25, 0.3) is 0 Å². The molecule has 0 aromatic carbocycles. The SMILES string of the molecule is CNCC(=O)O.O=[SH-]=O. The highest BCUT2D eigenvalue weighted by molar-refractivity contribution is 7.51. The molecule has 2 N–H and O–H groups in total. The van der Waals surface area contributed by atoms with Crippen molar-refractivity contribution in [2.45, 2.75) is 0 Å². The Bertz CT molecular complexity index is 108. The lowest BCUT2D eigenvalue weighted by Crippen LogP contribution is -2.16. The van der Waals surface area contributed by atoms with E-state index in [4.69, 9.17) is 13.5 Å². The molecule has 9 heavy (non-hydrogen) atoms. The van der Waals surface area contributed by atoms with Crippen LogP contribution in [0.2, 0.25) is 0 Å². The Morgan fingerprint density at radius 1 is 1.67 bits per heavy atom. The van der Waals surface area contributed by atoms with E-state index in [1.807, 2.05) is 0 Å². The fraction of sp³-hybridized carbons (Fsp3) is 0.667. The van der Waals surface area contributed by atoms with Crippen LogP contribution in [0.4, 0.5) is 0 Å². The van der Waals surface area contributed by atoms with E-state index in [0.29, 0.717) is 0 Å². The van der Waals surface area contributed by atoms with Crippen molar-refractivity contribution in [3.63, 3.8) is 0 Å². The minimum atomic E-state index is -1.08. The van der Waals surface area contributed by atoms with Crippen molar-refractivity contribution in [1.29, 1.82) is 0 Å². The Morgan fingerprint density at radius 3 is 2.00 bits per heavy atom. The third-order valence-corrected chi connectivity index (χ3v) is 0.328. The molecular weight excluding hydrogens is 146 g/mol. The van der Waals surface area contributed by atoms with Crippen molar-refractivity contribution in [2.75, 3.05) is 13.6 Å². The second-order valence-electron chi connectivity index (χ2n) is 0.999. The van der Waals surface area contributed by atoms with Crippen LogP contribution in [0.1, 0.15) is 0 Å². The molecule has 0 spiro atoms. The first kappa shape index (κ1) is 11.2. The molecule has 0 aliphatic carbocycles. The van der Waals surface area contributed by atoms with E-state index in [1.165, 1.54) is 0 Å². The van der Waals surface area contributed by atoms with E-state index >= 15 is 0 Å². The zero-order valence-electron chi connectivity index (χ0n) is 4.83. The van der Waals surface area contributed by atoms with Crippen LogP contribution in [0.5, 0.6) is 0 Å². The molecule has 0 aliphatic heterocycles. The lowest BCUT2D eigenvalue weighted by molar-refractivity contribution is -0.135. The van der Waals surface area contributed by atoms with Crippen molar-refractivity contribution < 1.29 is 18.3 Å². The smallest absolute Gasteiger partial charge is 0.317 e. The molecule has 0 atom stereocenters. The zero-order valence-corrected chi connectivity index (χ0v) is 5.72.